The molecule has 0 bridgehead atoms. The van der Waals surface area contributed by atoms with E-state index in [1.165, 1.54) is 19.2 Å². The Balaban J connectivity index is 2.35. The van der Waals surface area contributed by atoms with Crippen LogP contribution in [0.15, 0.2) is 12.1 Å². The van der Waals surface area contributed by atoms with Gasteiger partial charge in [0.05, 0.1) is 12.0 Å². The predicted octanol–water partition coefficient (Wildman–Crippen LogP) is 1.03. The van der Waals surface area contributed by atoms with Crippen LogP contribution < -0.4 is 10.1 Å². The summed E-state index contributed by atoms with van der Waals surface area (Å²) < 4.78 is 4.86. The Kier molecular flexibility index (Phi) is 2.77. The smallest absolute Gasteiger partial charge is 0.329 e. The van der Waals surface area contributed by atoms with Gasteiger partial charge in [0.25, 0.3) is 0 Å². The molecule has 1 aliphatic rings. The molecule has 0 unspecified atom stereocenters. The minimum absolute atomic E-state index is 0.0840. The molecule has 1 aliphatic carbocycles. The number of rotatable bonds is 5. The lowest BCUT2D eigenvalue weighted by Gasteiger charge is -2.13. The molecule has 0 saturated heterocycles. The number of pyridine rings is 1. The summed E-state index contributed by atoms with van der Waals surface area (Å²) in [5.41, 5.74) is -1.41. The fraction of sp³-hybridized carbons (Fsp3) is 0.400. The lowest BCUT2D eigenvalue weighted by molar-refractivity contribution is -0.384. The first-order valence-corrected chi connectivity index (χ1v) is 5.19. The van der Waals surface area contributed by atoms with E-state index < -0.39 is 16.4 Å². The maximum atomic E-state index is 11.0. The largest absolute Gasteiger partial charge is 0.481 e. The van der Waals surface area contributed by atoms with Gasteiger partial charge in [-0.3, -0.25) is 10.1 Å². The van der Waals surface area contributed by atoms with Gasteiger partial charge in [0.2, 0.25) is 11.7 Å². The van der Waals surface area contributed by atoms with Crippen LogP contribution in [0, 0.1) is 10.1 Å². The monoisotopic (exact) mass is 253 g/mol. The third kappa shape index (κ3) is 2.04. The Labute approximate surface area is 102 Å². The summed E-state index contributed by atoms with van der Waals surface area (Å²) in [4.78, 5) is 25.1. The van der Waals surface area contributed by atoms with Gasteiger partial charge in [-0.15, -0.1) is 0 Å². The molecule has 1 aromatic rings. The van der Waals surface area contributed by atoms with E-state index in [4.69, 9.17) is 9.84 Å². The molecule has 8 heteroatoms. The van der Waals surface area contributed by atoms with E-state index in [-0.39, 0.29) is 17.4 Å². The number of hydrogen-bond acceptors (Lipinski definition) is 6. The van der Waals surface area contributed by atoms with E-state index in [0.717, 1.165) is 0 Å². The second-order valence-electron chi connectivity index (χ2n) is 3.99. The Morgan fingerprint density at radius 2 is 2.28 bits per heavy atom. The number of carboxylic acid groups (broad SMARTS) is 1. The molecule has 0 amide bonds. The van der Waals surface area contributed by atoms with Crippen LogP contribution >= 0.6 is 0 Å². The molecule has 0 aromatic carbocycles. The van der Waals surface area contributed by atoms with Gasteiger partial charge in [-0.2, -0.15) is 4.98 Å². The van der Waals surface area contributed by atoms with Gasteiger partial charge < -0.3 is 15.2 Å². The number of nitrogens with zero attached hydrogens (tertiary/aromatic N) is 2. The van der Waals surface area contributed by atoms with Gasteiger partial charge in [0.1, 0.15) is 5.54 Å². The molecule has 96 valence electrons. The van der Waals surface area contributed by atoms with Crippen molar-refractivity contribution in [2.75, 3.05) is 12.4 Å². The lowest BCUT2D eigenvalue weighted by atomic mass is 10.2. The van der Waals surface area contributed by atoms with Crippen LogP contribution in [0.1, 0.15) is 12.8 Å². The second kappa shape index (κ2) is 4.13. The number of nitro groups is 1. The van der Waals surface area contributed by atoms with Crippen molar-refractivity contribution in [1.82, 2.24) is 4.98 Å². The van der Waals surface area contributed by atoms with Crippen molar-refractivity contribution in [2.24, 2.45) is 0 Å². The molecule has 0 radical (unpaired) electrons. The maximum Gasteiger partial charge on any atom is 0.329 e. The number of aliphatic carboxylic acids is 1. The highest BCUT2D eigenvalue weighted by atomic mass is 16.6. The predicted molar refractivity (Wildman–Crippen MR) is 60.7 cm³/mol. The standard InChI is InChI=1S/C10H11N3O5/c1-18-7-3-2-6(13(16)17)8(11-7)12-10(4-5-10)9(14)15/h2-3H,4-5H2,1H3,(H,11,12)(H,14,15). The first-order valence-electron chi connectivity index (χ1n) is 5.19. The Hall–Kier alpha value is -2.38. The Bertz CT molecular complexity index is 512. The third-order valence-corrected chi connectivity index (χ3v) is 2.77. The molecular weight excluding hydrogens is 242 g/mol. The number of nitrogens with one attached hydrogen (secondary N) is 1. The number of hydrogen-bond donors (Lipinski definition) is 2. The van der Waals surface area contributed by atoms with Crippen LogP contribution in [0.3, 0.4) is 0 Å². The number of anilines is 1. The van der Waals surface area contributed by atoms with Gasteiger partial charge in [-0.1, -0.05) is 0 Å². The van der Waals surface area contributed by atoms with Crippen molar-refractivity contribution < 1.29 is 19.6 Å². The van der Waals surface area contributed by atoms with Crippen LogP contribution in [-0.2, 0) is 4.79 Å². The van der Waals surface area contributed by atoms with Crippen LogP contribution in [0.2, 0.25) is 0 Å². The number of ether oxygens (including phenoxy) is 1. The molecule has 1 heterocycles. The molecule has 8 nitrogen and oxygen atoms in total. The summed E-state index contributed by atoms with van der Waals surface area (Å²) in [6, 6.07) is 2.58. The van der Waals surface area contributed by atoms with Gasteiger partial charge >= 0.3 is 11.7 Å². The van der Waals surface area contributed by atoms with Crippen LogP contribution in [-0.4, -0.2) is 33.6 Å². The van der Waals surface area contributed by atoms with E-state index in [1.54, 1.807) is 0 Å². The molecule has 18 heavy (non-hydrogen) atoms. The third-order valence-electron chi connectivity index (χ3n) is 2.77. The quantitative estimate of drug-likeness (QED) is 0.594. The maximum absolute atomic E-state index is 11.0. The average molecular weight is 253 g/mol. The van der Waals surface area contributed by atoms with Crippen molar-refractivity contribution in [3.05, 3.63) is 22.2 Å². The fourth-order valence-corrected chi connectivity index (χ4v) is 1.53. The molecule has 0 atom stereocenters. The summed E-state index contributed by atoms with van der Waals surface area (Å²) >= 11 is 0. The van der Waals surface area contributed by atoms with Gasteiger partial charge in [0.15, 0.2) is 0 Å². The minimum Gasteiger partial charge on any atom is -0.481 e. The van der Waals surface area contributed by atoms with Crippen molar-refractivity contribution in [3.8, 4) is 5.88 Å². The fourth-order valence-electron chi connectivity index (χ4n) is 1.53. The summed E-state index contributed by atoms with van der Waals surface area (Å²) in [5, 5.41) is 22.5. The molecule has 2 rings (SSSR count). The zero-order chi connectivity index (χ0) is 13.3. The second-order valence-corrected chi connectivity index (χ2v) is 3.99. The molecule has 2 N–H and O–H groups in total. The van der Waals surface area contributed by atoms with Crippen molar-refractivity contribution in [1.29, 1.82) is 0 Å². The first kappa shape index (κ1) is 12.1. The SMILES string of the molecule is COc1ccc([N+](=O)[O-])c(NC2(C(=O)O)CC2)n1. The number of aromatic nitrogens is 1. The Morgan fingerprint density at radius 3 is 2.72 bits per heavy atom. The molecule has 1 fully saturated rings. The van der Waals surface area contributed by atoms with Gasteiger partial charge in [-0.05, 0) is 12.8 Å². The molecular formula is C10H11N3O5. The highest BCUT2D eigenvalue weighted by molar-refractivity contribution is 5.86. The van der Waals surface area contributed by atoms with E-state index in [2.05, 4.69) is 10.3 Å². The topological polar surface area (TPSA) is 115 Å². The molecule has 1 aromatic heterocycles. The molecule has 0 spiro atoms. The average Bonchev–Trinajstić information content (AvgIpc) is 3.09. The molecule has 0 aliphatic heterocycles. The minimum atomic E-state index is -1.13. The first-order chi connectivity index (χ1) is 8.48. The summed E-state index contributed by atoms with van der Waals surface area (Å²) in [6.07, 6.45) is 0.830. The van der Waals surface area contributed by atoms with Crippen molar-refractivity contribution >= 4 is 17.5 Å². The number of methoxy groups -OCH3 is 1. The van der Waals surface area contributed by atoms with Crippen molar-refractivity contribution in [2.45, 2.75) is 18.4 Å². The highest BCUT2D eigenvalue weighted by Crippen LogP contribution is 2.41. The van der Waals surface area contributed by atoms with Crippen LogP contribution in [0.25, 0.3) is 0 Å². The normalized spacial score (nSPS) is 15.8. The van der Waals surface area contributed by atoms with E-state index in [1.807, 2.05) is 0 Å². The summed E-state index contributed by atoms with van der Waals surface area (Å²) in [5.74, 6) is -0.940. The lowest BCUT2D eigenvalue weighted by Crippen LogP contribution is -2.32. The summed E-state index contributed by atoms with van der Waals surface area (Å²) in [6.45, 7) is 0. The van der Waals surface area contributed by atoms with Crippen LogP contribution in [0.5, 0.6) is 5.88 Å². The van der Waals surface area contributed by atoms with Crippen molar-refractivity contribution in [3.63, 3.8) is 0 Å². The summed E-state index contributed by atoms with van der Waals surface area (Å²) in [7, 11) is 1.38. The zero-order valence-corrected chi connectivity index (χ0v) is 9.54. The number of carbonyl (C=O) groups is 1. The van der Waals surface area contributed by atoms with E-state index in [0.29, 0.717) is 12.8 Å². The van der Waals surface area contributed by atoms with Gasteiger partial charge in [0, 0.05) is 12.1 Å². The number of carboxylic acids is 1. The molecule has 1 saturated carbocycles. The Morgan fingerprint density at radius 1 is 1.61 bits per heavy atom. The van der Waals surface area contributed by atoms with E-state index >= 15 is 0 Å². The highest BCUT2D eigenvalue weighted by Gasteiger charge is 2.51. The van der Waals surface area contributed by atoms with Crippen LogP contribution in [0.4, 0.5) is 11.5 Å². The van der Waals surface area contributed by atoms with Gasteiger partial charge in [-0.25, -0.2) is 4.79 Å². The van der Waals surface area contributed by atoms with E-state index in [9.17, 15) is 14.9 Å². The zero-order valence-electron chi connectivity index (χ0n) is 9.54.